The van der Waals surface area contributed by atoms with Crippen molar-refractivity contribution in [2.75, 3.05) is 19.6 Å². The van der Waals surface area contributed by atoms with Crippen LogP contribution in [-0.4, -0.2) is 35.1 Å². The Morgan fingerprint density at radius 3 is 2.73 bits per heavy atom. The molecule has 3 rings (SSSR count). The van der Waals surface area contributed by atoms with Crippen LogP contribution < -0.4 is 10.6 Å². The Kier molecular flexibility index (Phi) is 8.53. The number of hydrogen-bond donors (Lipinski definition) is 3. The van der Waals surface area contributed by atoms with E-state index < -0.39 is 0 Å². The normalized spacial score (nSPS) is 11.3. The zero-order valence-corrected chi connectivity index (χ0v) is 17.6. The maximum absolute atomic E-state index is 4.69. The number of guanidine groups is 1. The molecule has 0 atom stereocenters. The van der Waals surface area contributed by atoms with Gasteiger partial charge in [-0.05, 0) is 43.5 Å². The van der Waals surface area contributed by atoms with Crippen LogP contribution in [0.15, 0.2) is 60.0 Å². The molecule has 0 radical (unpaired) electrons. The first-order chi connectivity index (χ1) is 12.4. The molecule has 0 spiro atoms. The predicted molar refractivity (Wildman–Crippen MR) is 120 cm³/mol. The topological polar surface area (TPSA) is 57.1 Å². The molecule has 3 aromatic rings. The molecule has 6 heteroatoms. The molecule has 140 valence electrons. The van der Waals surface area contributed by atoms with Crippen LogP contribution in [0.4, 0.5) is 0 Å². The molecule has 0 saturated heterocycles. The van der Waals surface area contributed by atoms with Crippen molar-refractivity contribution >= 4 is 40.8 Å². The summed E-state index contributed by atoms with van der Waals surface area (Å²) in [6, 6.07) is 12.5. The minimum Gasteiger partial charge on any atom is -0.361 e. The summed E-state index contributed by atoms with van der Waals surface area (Å²) >= 11 is 0. The van der Waals surface area contributed by atoms with Crippen LogP contribution in [0, 0.1) is 0 Å². The van der Waals surface area contributed by atoms with Crippen molar-refractivity contribution in [3.63, 3.8) is 0 Å². The van der Waals surface area contributed by atoms with E-state index in [1.807, 2.05) is 12.1 Å². The van der Waals surface area contributed by atoms with E-state index in [0.717, 1.165) is 45.0 Å². The van der Waals surface area contributed by atoms with Gasteiger partial charge in [0.25, 0.3) is 0 Å². The summed E-state index contributed by atoms with van der Waals surface area (Å²) in [6.45, 7) is 5.58. The molecule has 1 aromatic carbocycles. The molecule has 3 N–H and O–H groups in total. The molecule has 5 nitrogen and oxygen atoms in total. The molecule has 0 aliphatic heterocycles. The Labute approximate surface area is 172 Å². The van der Waals surface area contributed by atoms with Crippen molar-refractivity contribution in [2.45, 2.75) is 26.3 Å². The smallest absolute Gasteiger partial charge is 0.191 e. The molecule has 0 saturated carbocycles. The summed E-state index contributed by atoms with van der Waals surface area (Å²) in [5.41, 5.74) is 2.58. The standard InChI is InChI=1S/C20H27N5.HI/c1-2-21-20(23-12-15-25-13-5-6-14-25)22-11-7-8-17-16-24-19-10-4-3-9-18(17)19;/h3-6,9-10,13-14,16,24H,2,7-8,11-12,15H2,1H3,(H2,21,22,23);1H. The summed E-state index contributed by atoms with van der Waals surface area (Å²) < 4.78 is 2.16. The Balaban J connectivity index is 0.00000243. The molecule has 0 aliphatic rings. The van der Waals surface area contributed by atoms with Crippen LogP contribution in [0.2, 0.25) is 0 Å². The second kappa shape index (κ2) is 10.9. The van der Waals surface area contributed by atoms with Gasteiger partial charge in [0, 0.05) is 55.7 Å². The number of rotatable bonds is 8. The highest BCUT2D eigenvalue weighted by molar-refractivity contribution is 14.0. The van der Waals surface area contributed by atoms with E-state index in [4.69, 9.17) is 0 Å². The van der Waals surface area contributed by atoms with Gasteiger partial charge in [-0.15, -0.1) is 24.0 Å². The highest BCUT2D eigenvalue weighted by Gasteiger charge is 2.02. The molecule has 26 heavy (non-hydrogen) atoms. The number of para-hydroxylation sites is 1. The average Bonchev–Trinajstić information content (AvgIpc) is 3.28. The number of nitrogens with one attached hydrogen (secondary N) is 3. The van der Waals surface area contributed by atoms with Gasteiger partial charge in [-0.1, -0.05) is 18.2 Å². The minimum absolute atomic E-state index is 0. The molecule has 0 bridgehead atoms. The largest absolute Gasteiger partial charge is 0.361 e. The van der Waals surface area contributed by atoms with Crippen LogP contribution in [-0.2, 0) is 13.0 Å². The lowest BCUT2D eigenvalue weighted by Crippen LogP contribution is -2.38. The molecular formula is C20H28IN5. The Morgan fingerprint density at radius 1 is 1.12 bits per heavy atom. The van der Waals surface area contributed by atoms with Gasteiger partial charge >= 0.3 is 0 Å². The summed E-state index contributed by atoms with van der Waals surface area (Å²) in [6.07, 6.45) is 8.35. The van der Waals surface area contributed by atoms with E-state index in [-0.39, 0.29) is 24.0 Å². The van der Waals surface area contributed by atoms with Crippen molar-refractivity contribution in [1.29, 1.82) is 0 Å². The highest BCUT2D eigenvalue weighted by Crippen LogP contribution is 2.18. The van der Waals surface area contributed by atoms with Gasteiger partial charge < -0.3 is 20.2 Å². The Hall–Kier alpha value is -1.96. The quantitative estimate of drug-likeness (QED) is 0.205. The van der Waals surface area contributed by atoms with Crippen molar-refractivity contribution in [3.05, 3.63) is 60.6 Å². The molecule has 0 unspecified atom stereocenters. The number of fused-ring (bicyclic) bond motifs is 1. The fourth-order valence-corrected chi connectivity index (χ4v) is 2.96. The first-order valence-electron chi connectivity index (χ1n) is 9.04. The van der Waals surface area contributed by atoms with Gasteiger partial charge in [0.15, 0.2) is 5.96 Å². The minimum atomic E-state index is 0. The van der Waals surface area contributed by atoms with Gasteiger partial charge in [0.05, 0.1) is 0 Å². The Bertz CT molecular complexity index is 792. The van der Waals surface area contributed by atoms with E-state index in [2.05, 4.69) is 75.0 Å². The van der Waals surface area contributed by atoms with Crippen molar-refractivity contribution < 1.29 is 0 Å². The fraction of sp³-hybridized carbons (Fsp3) is 0.350. The maximum atomic E-state index is 4.69. The number of nitrogens with zero attached hydrogens (tertiary/aromatic N) is 2. The first-order valence-corrected chi connectivity index (χ1v) is 9.04. The molecule has 2 heterocycles. The van der Waals surface area contributed by atoms with Crippen LogP contribution in [0.3, 0.4) is 0 Å². The predicted octanol–water partition coefficient (Wildman–Crippen LogP) is 3.78. The zero-order valence-electron chi connectivity index (χ0n) is 15.2. The Morgan fingerprint density at radius 2 is 1.92 bits per heavy atom. The van der Waals surface area contributed by atoms with Crippen LogP contribution in [0.25, 0.3) is 10.9 Å². The van der Waals surface area contributed by atoms with Crippen LogP contribution in [0.1, 0.15) is 18.9 Å². The second-order valence-corrected chi connectivity index (χ2v) is 6.07. The van der Waals surface area contributed by atoms with Gasteiger partial charge in [0.2, 0.25) is 0 Å². The molecule has 2 aromatic heterocycles. The van der Waals surface area contributed by atoms with Crippen LogP contribution >= 0.6 is 24.0 Å². The number of H-pyrrole nitrogens is 1. The first kappa shape index (κ1) is 20.4. The number of aromatic nitrogens is 2. The second-order valence-electron chi connectivity index (χ2n) is 6.07. The number of benzene rings is 1. The van der Waals surface area contributed by atoms with E-state index in [1.165, 1.54) is 16.5 Å². The van der Waals surface area contributed by atoms with E-state index >= 15 is 0 Å². The zero-order chi connectivity index (χ0) is 17.3. The van der Waals surface area contributed by atoms with Gasteiger partial charge in [-0.25, -0.2) is 0 Å². The van der Waals surface area contributed by atoms with E-state index in [1.54, 1.807) is 0 Å². The van der Waals surface area contributed by atoms with Gasteiger partial charge in [-0.2, -0.15) is 0 Å². The highest BCUT2D eigenvalue weighted by atomic mass is 127. The number of hydrogen-bond acceptors (Lipinski definition) is 1. The molecule has 0 aliphatic carbocycles. The monoisotopic (exact) mass is 465 g/mol. The third-order valence-electron chi connectivity index (χ3n) is 4.22. The maximum Gasteiger partial charge on any atom is 0.191 e. The van der Waals surface area contributed by atoms with Crippen molar-refractivity contribution in [3.8, 4) is 0 Å². The summed E-state index contributed by atoms with van der Waals surface area (Å²) in [4.78, 5) is 8.02. The number of aryl methyl sites for hydroxylation is 1. The number of aromatic amines is 1. The fourth-order valence-electron chi connectivity index (χ4n) is 2.96. The summed E-state index contributed by atoms with van der Waals surface area (Å²) in [5.74, 6) is 0.897. The summed E-state index contributed by atoms with van der Waals surface area (Å²) in [7, 11) is 0. The number of halogens is 1. The van der Waals surface area contributed by atoms with Gasteiger partial charge in [-0.3, -0.25) is 4.99 Å². The number of aliphatic imine (C=N–C) groups is 1. The third-order valence-corrected chi connectivity index (χ3v) is 4.22. The lowest BCUT2D eigenvalue weighted by atomic mass is 10.1. The van der Waals surface area contributed by atoms with E-state index in [0.29, 0.717) is 0 Å². The van der Waals surface area contributed by atoms with Crippen molar-refractivity contribution in [2.24, 2.45) is 4.99 Å². The van der Waals surface area contributed by atoms with E-state index in [9.17, 15) is 0 Å². The SMILES string of the molecule is CCNC(=NCCCc1c[nH]c2ccccc12)NCCn1cccc1.I. The lowest BCUT2D eigenvalue weighted by molar-refractivity contribution is 0.664. The summed E-state index contributed by atoms with van der Waals surface area (Å²) in [5, 5.41) is 8.03. The van der Waals surface area contributed by atoms with Gasteiger partial charge in [0.1, 0.15) is 0 Å². The average molecular weight is 465 g/mol. The molecule has 0 amide bonds. The third kappa shape index (κ3) is 5.79. The van der Waals surface area contributed by atoms with Crippen LogP contribution in [0.5, 0.6) is 0 Å². The lowest BCUT2D eigenvalue weighted by Gasteiger charge is -2.11. The molecular weight excluding hydrogens is 437 g/mol. The molecule has 0 fully saturated rings. The van der Waals surface area contributed by atoms with Crippen molar-refractivity contribution in [1.82, 2.24) is 20.2 Å².